The highest BCUT2D eigenvalue weighted by Crippen LogP contribution is 2.11. The molecule has 0 spiro atoms. The maximum absolute atomic E-state index is 11.3. The molecule has 1 rings (SSSR count). The van der Waals surface area contributed by atoms with Crippen molar-refractivity contribution in [2.45, 2.75) is 25.4 Å². The van der Waals surface area contributed by atoms with Crippen LogP contribution < -0.4 is 4.72 Å². The molecule has 1 aliphatic rings. The maximum Gasteiger partial charge on any atom is 0.278 e. The minimum atomic E-state index is -3.30. The van der Waals surface area contributed by atoms with Crippen LogP contribution in [0.4, 0.5) is 0 Å². The number of hydrogen-bond donors (Lipinski definition) is 1. The van der Waals surface area contributed by atoms with Crippen LogP contribution in [0.15, 0.2) is 0 Å². The van der Waals surface area contributed by atoms with Crippen LogP contribution in [0, 0.1) is 0 Å². The highest BCUT2D eigenvalue weighted by atomic mass is 32.2. The van der Waals surface area contributed by atoms with Crippen molar-refractivity contribution in [1.29, 1.82) is 0 Å². The Bertz CT molecular complexity index is 299. The molecule has 1 N–H and O–H groups in total. The molecule has 102 valence electrons. The maximum atomic E-state index is 11.3. The molecule has 1 atom stereocenters. The molecule has 1 unspecified atom stereocenters. The topological polar surface area (TPSA) is 67.9 Å². The third-order valence-corrected chi connectivity index (χ3v) is 4.09. The molecule has 1 aliphatic heterocycles. The lowest BCUT2D eigenvalue weighted by Gasteiger charge is -2.13. The van der Waals surface area contributed by atoms with E-state index in [0.29, 0.717) is 26.2 Å². The van der Waals surface area contributed by atoms with E-state index in [4.69, 9.17) is 9.47 Å². The van der Waals surface area contributed by atoms with Crippen molar-refractivity contribution in [3.05, 3.63) is 0 Å². The quantitative estimate of drug-likeness (QED) is 0.626. The van der Waals surface area contributed by atoms with E-state index in [2.05, 4.69) is 4.72 Å². The molecule has 17 heavy (non-hydrogen) atoms. The van der Waals surface area contributed by atoms with Crippen LogP contribution in [0.5, 0.6) is 0 Å². The van der Waals surface area contributed by atoms with Gasteiger partial charge in [-0.3, -0.25) is 0 Å². The molecule has 7 heteroatoms. The van der Waals surface area contributed by atoms with Gasteiger partial charge in [0.25, 0.3) is 10.2 Å². The van der Waals surface area contributed by atoms with Crippen LogP contribution in [0.3, 0.4) is 0 Å². The summed E-state index contributed by atoms with van der Waals surface area (Å²) in [6.07, 6.45) is 3.07. The summed E-state index contributed by atoms with van der Waals surface area (Å²) in [7, 11) is -0.305. The molecule has 0 bridgehead atoms. The van der Waals surface area contributed by atoms with E-state index < -0.39 is 10.2 Å². The predicted octanol–water partition coefficient (Wildman–Crippen LogP) is -0.0319. The second-order valence-corrected chi connectivity index (χ2v) is 6.21. The van der Waals surface area contributed by atoms with Crippen LogP contribution in [-0.2, 0) is 19.7 Å². The molecule has 0 aromatic heterocycles. The van der Waals surface area contributed by atoms with E-state index in [1.807, 2.05) is 0 Å². The molecule has 0 aromatic rings. The lowest BCUT2D eigenvalue weighted by Crippen LogP contribution is -2.36. The van der Waals surface area contributed by atoms with Crippen LogP contribution in [-0.4, -0.2) is 59.3 Å². The van der Waals surface area contributed by atoms with Gasteiger partial charge < -0.3 is 9.47 Å². The number of nitrogens with one attached hydrogen (secondary N) is 1. The molecular weight excluding hydrogens is 244 g/mol. The zero-order valence-electron chi connectivity index (χ0n) is 10.5. The van der Waals surface area contributed by atoms with Gasteiger partial charge in [0.15, 0.2) is 0 Å². The highest BCUT2D eigenvalue weighted by Gasteiger charge is 2.15. The monoisotopic (exact) mass is 266 g/mol. The van der Waals surface area contributed by atoms with Gasteiger partial charge in [0, 0.05) is 33.9 Å². The van der Waals surface area contributed by atoms with Crippen molar-refractivity contribution < 1.29 is 17.9 Å². The van der Waals surface area contributed by atoms with Crippen LogP contribution in [0.25, 0.3) is 0 Å². The van der Waals surface area contributed by atoms with Crippen molar-refractivity contribution in [2.75, 3.05) is 40.5 Å². The molecule has 0 aliphatic carbocycles. The van der Waals surface area contributed by atoms with Crippen LogP contribution in [0.2, 0.25) is 0 Å². The number of hydrogen-bond acceptors (Lipinski definition) is 4. The molecule has 0 amide bonds. The summed E-state index contributed by atoms with van der Waals surface area (Å²) >= 11 is 0. The van der Waals surface area contributed by atoms with E-state index in [0.717, 1.165) is 23.8 Å². The molecule has 1 fully saturated rings. The molecule has 6 nitrogen and oxygen atoms in total. The van der Waals surface area contributed by atoms with Gasteiger partial charge in [-0.1, -0.05) is 0 Å². The van der Waals surface area contributed by atoms with E-state index in [1.54, 1.807) is 0 Å². The van der Waals surface area contributed by atoms with Crippen molar-refractivity contribution in [3.63, 3.8) is 0 Å². The minimum Gasteiger partial charge on any atom is -0.379 e. The fourth-order valence-corrected chi connectivity index (χ4v) is 2.16. The van der Waals surface area contributed by atoms with E-state index in [9.17, 15) is 8.42 Å². The zero-order chi connectivity index (χ0) is 12.7. The third-order valence-electron chi connectivity index (χ3n) is 2.56. The Balaban J connectivity index is 1.97. The van der Waals surface area contributed by atoms with Crippen molar-refractivity contribution >= 4 is 10.2 Å². The summed E-state index contributed by atoms with van der Waals surface area (Å²) < 4.78 is 37.1. The zero-order valence-corrected chi connectivity index (χ0v) is 11.3. The van der Waals surface area contributed by atoms with Gasteiger partial charge in [-0.25, -0.2) is 4.72 Å². The van der Waals surface area contributed by atoms with Crippen molar-refractivity contribution in [3.8, 4) is 0 Å². The lowest BCUT2D eigenvalue weighted by molar-refractivity contribution is 0.0169. The Morgan fingerprint density at radius 1 is 1.47 bits per heavy atom. The van der Waals surface area contributed by atoms with Gasteiger partial charge in [0.2, 0.25) is 0 Å². The van der Waals surface area contributed by atoms with Crippen LogP contribution >= 0.6 is 0 Å². The fraction of sp³-hybridized carbons (Fsp3) is 1.00. The second kappa shape index (κ2) is 7.27. The predicted molar refractivity (Wildman–Crippen MR) is 65.0 cm³/mol. The molecule has 1 heterocycles. The van der Waals surface area contributed by atoms with Crippen molar-refractivity contribution in [2.24, 2.45) is 0 Å². The molecule has 0 aromatic carbocycles. The summed E-state index contributed by atoms with van der Waals surface area (Å²) in [5.74, 6) is 0. The number of nitrogens with zero attached hydrogens (tertiary/aromatic N) is 1. The third kappa shape index (κ3) is 5.78. The second-order valence-electron chi connectivity index (χ2n) is 4.25. The first-order valence-corrected chi connectivity index (χ1v) is 7.33. The average Bonchev–Trinajstić information content (AvgIpc) is 2.75. The fourth-order valence-electron chi connectivity index (χ4n) is 1.50. The van der Waals surface area contributed by atoms with E-state index >= 15 is 0 Å². The smallest absolute Gasteiger partial charge is 0.278 e. The largest absolute Gasteiger partial charge is 0.379 e. The van der Waals surface area contributed by atoms with Gasteiger partial charge in [-0.15, -0.1) is 0 Å². The normalized spacial score (nSPS) is 21.2. The average molecular weight is 266 g/mol. The lowest BCUT2D eigenvalue weighted by atomic mass is 10.2. The standard InChI is InChI=1S/C10H22N2O4S/c1-12(2)17(13,14)11-6-4-7-15-9-10-5-3-8-16-10/h10-11H,3-9H2,1-2H3. The Morgan fingerprint density at radius 2 is 2.24 bits per heavy atom. The first kappa shape index (κ1) is 14.8. The highest BCUT2D eigenvalue weighted by molar-refractivity contribution is 7.87. The molecular formula is C10H22N2O4S. The Morgan fingerprint density at radius 3 is 2.82 bits per heavy atom. The van der Waals surface area contributed by atoms with Gasteiger partial charge in [-0.2, -0.15) is 12.7 Å². The Labute approximate surface area is 103 Å². The van der Waals surface area contributed by atoms with Gasteiger partial charge >= 0.3 is 0 Å². The molecule has 0 saturated carbocycles. The summed E-state index contributed by atoms with van der Waals surface area (Å²) in [4.78, 5) is 0. The van der Waals surface area contributed by atoms with Gasteiger partial charge in [0.1, 0.15) is 0 Å². The summed E-state index contributed by atoms with van der Waals surface area (Å²) in [5, 5.41) is 0. The van der Waals surface area contributed by atoms with E-state index in [-0.39, 0.29) is 6.10 Å². The van der Waals surface area contributed by atoms with Gasteiger partial charge in [0.05, 0.1) is 12.7 Å². The first-order valence-electron chi connectivity index (χ1n) is 5.89. The van der Waals surface area contributed by atoms with Crippen molar-refractivity contribution in [1.82, 2.24) is 9.03 Å². The van der Waals surface area contributed by atoms with E-state index in [1.165, 1.54) is 14.1 Å². The summed E-state index contributed by atoms with van der Waals surface area (Å²) in [6, 6.07) is 0. The molecule has 1 saturated heterocycles. The molecule has 0 radical (unpaired) electrons. The van der Waals surface area contributed by atoms with Gasteiger partial charge in [-0.05, 0) is 19.3 Å². The van der Waals surface area contributed by atoms with Crippen LogP contribution in [0.1, 0.15) is 19.3 Å². The Kier molecular flexibility index (Phi) is 6.35. The number of ether oxygens (including phenoxy) is 2. The summed E-state index contributed by atoms with van der Waals surface area (Å²) in [6.45, 7) is 2.39. The Hall–Kier alpha value is -0.210. The SMILES string of the molecule is CN(C)S(=O)(=O)NCCCOCC1CCCO1. The minimum absolute atomic E-state index is 0.230. The summed E-state index contributed by atoms with van der Waals surface area (Å²) in [5.41, 5.74) is 0. The number of rotatable bonds is 8. The first-order chi connectivity index (χ1) is 8.02.